The number of amides is 1. The molecule has 0 unspecified atom stereocenters. The van der Waals surface area contributed by atoms with Crippen LogP contribution in [-0.4, -0.2) is 45.4 Å². The molecule has 1 saturated carbocycles. The van der Waals surface area contributed by atoms with Crippen molar-refractivity contribution in [1.82, 2.24) is 15.3 Å². The van der Waals surface area contributed by atoms with Crippen LogP contribution in [0.5, 0.6) is 5.88 Å². The van der Waals surface area contributed by atoms with Gasteiger partial charge in [-0.25, -0.2) is 9.98 Å². The van der Waals surface area contributed by atoms with Crippen molar-refractivity contribution in [1.29, 1.82) is 0 Å². The summed E-state index contributed by atoms with van der Waals surface area (Å²) in [6, 6.07) is 8.61. The van der Waals surface area contributed by atoms with Crippen LogP contribution in [0, 0.1) is 5.92 Å². The number of hydrogen-bond acceptors (Lipinski definition) is 7. The van der Waals surface area contributed by atoms with E-state index in [4.69, 9.17) is 20.6 Å². The molecule has 170 valence electrons. The molecule has 1 aromatic heterocycles. The summed E-state index contributed by atoms with van der Waals surface area (Å²) in [5, 5.41) is 11.5. The Morgan fingerprint density at radius 3 is 2.59 bits per heavy atom. The van der Waals surface area contributed by atoms with Gasteiger partial charge in [-0.15, -0.1) is 0 Å². The number of aliphatic hydroxyl groups excluding tert-OH is 1. The lowest BCUT2D eigenvalue weighted by Crippen LogP contribution is -2.41. The number of nitrogens with two attached hydrogens (primary N) is 1. The Kier molecular flexibility index (Phi) is 6.41. The second kappa shape index (κ2) is 9.24. The Hall–Kier alpha value is -3.00. The number of ether oxygens (including phenoxy) is 1. The Labute approximate surface area is 188 Å². The highest BCUT2D eigenvalue weighted by molar-refractivity contribution is 6.09. The number of nitrogens with zero attached hydrogens (tertiary/aromatic N) is 3. The first-order valence-corrected chi connectivity index (χ1v) is 11.2. The number of fused-ring (bicyclic) bond motifs is 1. The number of hydrogen-bond donors (Lipinski definition) is 3. The molecule has 1 aliphatic heterocycles. The third-order valence-electron chi connectivity index (χ3n) is 6.48. The van der Waals surface area contributed by atoms with Gasteiger partial charge in [0.2, 0.25) is 11.8 Å². The Morgan fingerprint density at radius 1 is 1.19 bits per heavy atom. The number of carbonyl (C=O) groups is 1. The fourth-order valence-electron chi connectivity index (χ4n) is 4.67. The van der Waals surface area contributed by atoms with Gasteiger partial charge < -0.3 is 20.9 Å². The van der Waals surface area contributed by atoms with Crippen molar-refractivity contribution in [3.8, 4) is 5.88 Å². The van der Waals surface area contributed by atoms with Crippen molar-refractivity contribution in [2.75, 3.05) is 18.9 Å². The lowest BCUT2D eigenvalue weighted by Gasteiger charge is -2.32. The lowest BCUT2D eigenvalue weighted by atomic mass is 9.77. The van der Waals surface area contributed by atoms with Crippen LogP contribution in [0.15, 0.2) is 35.6 Å². The molecule has 4 rings (SSSR count). The van der Waals surface area contributed by atoms with Gasteiger partial charge in [0, 0.05) is 12.1 Å². The minimum Gasteiger partial charge on any atom is -0.463 e. The monoisotopic (exact) mass is 437 g/mol. The van der Waals surface area contributed by atoms with Gasteiger partial charge in [0.05, 0.1) is 5.71 Å². The quantitative estimate of drug-likeness (QED) is 0.638. The third kappa shape index (κ3) is 4.75. The molecule has 0 radical (unpaired) electrons. The summed E-state index contributed by atoms with van der Waals surface area (Å²) in [4.78, 5) is 24.1. The van der Waals surface area contributed by atoms with Crippen molar-refractivity contribution >= 4 is 23.1 Å². The first-order chi connectivity index (χ1) is 15.4. The largest absolute Gasteiger partial charge is 0.463 e. The van der Waals surface area contributed by atoms with E-state index in [-0.39, 0.29) is 5.91 Å². The number of aliphatic imine (C=N–C) groups is 1. The van der Waals surface area contributed by atoms with E-state index in [1.165, 1.54) is 11.9 Å². The average molecular weight is 438 g/mol. The SMILES string of the molecule is CC1(C)Oc2ncnc(N)c2N=C1c1ccc(C2CCC(CCNC(=O)CO)CC2)cc1. The summed E-state index contributed by atoms with van der Waals surface area (Å²) >= 11 is 0. The van der Waals surface area contributed by atoms with Gasteiger partial charge in [-0.3, -0.25) is 4.79 Å². The summed E-state index contributed by atoms with van der Waals surface area (Å²) in [5.41, 5.74) is 9.00. The molecule has 8 nitrogen and oxygen atoms in total. The summed E-state index contributed by atoms with van der Waals surface area (Å²) in [7, 11) is 0. The molecule has 2 aliphatic rings. The van der Waals surface area contributed by atoms with Gasteiger partial charge >= 0.3 is 0 Å². The predicted octanol–water partition coefficient (Wildman–Crippen LogP) is 3.12. The number of aliphatic hydroxyl groups is 1. The maximum Gasteiger partial charge on any atom is 0.246 e. The van der Waals surface area contributed by atoms with Crippen LogP contribution in [0.1, 0.15) is 63.0 Å². The van der Waals surface area contributed by atoms with E-state index in [0.717, 1.165) is 43.4 Å². The van der Waals surface area contributed by atoms with Crippen LogP contribution >= 0.6 is 0 Å². The number of carbonyl (C=O) groups excluding carboxylic acids is 1. The van der Waals surface area contributed by atoms with E-state index in [2.05, 4.69) is 39.6 Å². The van der Waals surface area contributed by atoms with E-state index < -0.39 is 12.2 Å². The molecule has 1 fully saturated rings. The highest BCUT2D eigenvalue weighted by Crippen LogP contribution is 2.40. The van der Waals surface area contributed by atoms with Crippen molar-refractivity contribution < 1.29 is 14.6 Å². The minimum absolute atomic E-state index is 0.298. The summed E-state index contributed by atoms with van der Waals surface area (Å²) in [6.45, 7) is 4.16. The van der Waals surface area contributed by atoms with Crippen LogP contribution in [0.4, 0.5) is 11.5 Å². The number of aromatic nitrogens is 2. The maximum absolute atomic E-state index is 11.2. The molecule has 8 heteroatoms. The van der Waals surface area contributed by atoms with E-state index in [9.17, 15) is 4.79 Å². The van der Waals surface area contributed by atoms with Crippen molar-refractivity contribution in [3.63, 3.8) is 0 Å². The molecule has 0 bridgehead atoms. The average Bonchev–Trinajstić information content (AvgIpc) is 2.79. The Balaban J connectivity index is 1.41. The number of anilines is 1. The van der Waals surface area contributed by atoms with Crippen LogP contribution in [0.25, 0.3) is 0 Å². The zero-order chi connectivity index (χ0) is 22.7. The summed E-state index contributed by atoms with van der Waals surface area (Å²) in [6.07, 6.45) is 6.97. The third-order valence-corrected chi connectivity index (χ3v) is 6.48. The standard InChI is InChI=1S/C24H31N5O3/c1-24(2)21(29-20-22(25)27-14-28-23(20)32-24)18-9-7-17(8-10-18)16-5-3-15(4-6-16)11-12-26-19(31)13-30/h7-10,14-16,30H,3-6,11-13H2,1-2H3,(H,26,31)(H2,25,27,28). The van der Waals surface area contributed by atoms with Crippen molar-refractivity contribution in [2.45, 2.75) is 57.5 Å². The van der Waals surface area contributed by atoms with Crippen molar-refractivity contribution in [3.05, 3.63) is 41.7 Å². The molecular weight excluding hydrogens is 406 g/mol. The molecular formula is C24H31N5O3. The molecule has 1 amide bonds. The van der Waals surface area contributed by atoms with Crippen molar-refractivity contribution in [2.24, 2.45) is 10.9 Å². The molecule has 1 aromatic carbocycles. The lowest BCUT2D eigenvalue weighted by molar-refractivity contribution is -0.123. The van der Waals surface area contributed by atoms with Crippen LogP contribution in [-0.2, 0) is 4.79 Å². The van der Waals surface area contributed by atoms with Gasteiger partial charge in [-0.05, 0) is 63.4 Å². The number of rotatable bonds is 6. The second-order valence-corrected chi connectivity index (χ2v) is 9.12. The summed E-state index contributed by atoms with van der Waals surface area (Å²) in [5.74, 6) is 1.61. The van der Waals surface area contributed by atoms with Gasteiger partial charge in [0.25, 0.3) is 0 Å². The Morgan fingerprint density at radius 2 is 1.91 bits per heavy atom. The predicted molar refractivity (Wildman–Crippen MR) is 123 cm³/mol. The fourth-order valence-corrected chi connectivity index (χ4v) is 4.67. The smallest absolute Gasteiger partial charge is 0.246 e. The molecule has 2 aromatic rings. The number of nitrogens with one attached hydrogen (secondary N) is 1. The molecule has 0 spiro atoms. The van der Waals surface area contributed by atoms with E-state index in [1.54, 1.807) is 0 Å². The molecule has 1 aliphatic carbocycles. The zero-order valence-corrected chi connectivity index (χ0v) is 18.7. The maximum atomic E-state index is 11.2. The highest BCUT2D eigenvalue weighted by atomic mass is 16.5. The van der Waals surface area contributed by atoms with Crippen LogP contribution in [0.3, 0.4) is 0 Å². The van der Waals surface area contributed by atoms with E-state index >= 15 is 0 Å². The van der Waals surface area contributed by atoms with E-state index in [1.807, 2.05) is 13.8 Å². The minimum atomic E-state index is -0.626. The summed E-state index contributed by atoms with van der Waals surface area (Å²) < 4.78 is 6.08. The van der Waals surface area contributed by atoms with Gasteiger partial charge in [0.1, 0.15) is 18.5 Å². The first kappa shape index (κ1) is 22.2. The van der Waals surface area contributed by atoms with Gasteiger partial charge in [0.15, 0.2) is 11.5 Å². The molecule has 4 N–H and O–H groups in total. The van der Waals surface area contributed by atoms with E-state index in [0.29, 0.717) is 35.8 Å². The number of nitrogen functional groups attached to an aromatic ring is 1. The second-order valence-electron chi connectivity index (χ2n) is 9.12. The van der Waals surface area contributed by atoms with Gasteiger partial charge in [-0.2, -0.15) is 4.98 Å². The van der Waals surface area contributed by atoms with Crippen LogP contribution < -0.4 is 15.8 Å². The molecule has 0 atom stereocenters. The fraction of sp³-hybridized carbons (Fsp3) is 0.500. The molecule has 0 saturated heterocycles. The van der Waals surface area contributed by atoms with Crippen LogP contribution in [0.2, 0.25) is 0 Å². The normalized spacial score (nSPS) is 21.8. The Bertz CT molecular complexity index is 995. The molecule has 32 heavy (non-hydrogen) atoms. The zero-order valence-electron chi connectivity index (χ0n) is 18.7. The highest BCUT2D eigenvalue weighted by Gasteiger charge is 2.35. The number of benzene rings is 1. The topological polar surface area (TPSA) is 123 Å². The van der Waals surface area contributed by atoms with Gasteiger partial charge in [-0.1, -0.05) is 24.3 Å². The molecule has 2 heterocycles. The first-order valence-electron chi connectivity index (χ1n) is 11.2.